The fourth-order valence-electron chi connectivity index (χ4n) is 1.72. The fraction of sp³-hybridized carbons (Fsp3) is 0.944. The van der Waals surface area contributed by atoms with E-state index in [0.717, 1.165) is 13.0 Å². The normalized spacial score (nSPS) is 11.7. The van der Waals surface area contributed by atoms with Gasteiger partial charge in [-0.1, -0.05) is 40.5 Å². The zero-order valence-corrected chi connectivity index (χ0v) is 16.0. The lowest BCUT2D eigenvalue weighted by molar-refractivity contribution is -0.128. The smallest absolute Gasteiger partial charge is 0.225 e. The summed E-state index contributed by atoms with van der Waals surface area (Å²) in [5.74, 6) is 0.0360. The summed E-state index contributed by atoms with van der Waals surface area (Å²) in [4.78, 5) is 11.6. The molecule has 0 bridgehead atoms. The van der Waals surface area contributed by atoms with Crippen LogP contribution in [0.2, 0.25) is 0 Å². The second-order valence-corrected chi connectivity index (χ2v) is 6.66. The van der Waals surface area contributed by atoms with Gasteiger partial charge >= 0.3 is 0 Å². The Morgan fingerprint density at radius 3 is 1.67 bits per heavy atom. The number of hydrogen-bond donors (Lipinski definition) is 1. The Bertz CT molecular complexity index is 292. The first-order chi connectivity index (χ1) is 11.5. The van der Waals surface area contributed by atoms with Crippen molar-refractivity contribution in [1.29, 1.82) is 0 Å². The number of rotatable bonds is 16. The average molecular weight is 347 g/mol. The molecular formula is C18H37NO5. The van der Waals surface area contributed by atoms with Gasteiger partial charge in [-0.2, -0.15) is 0 Å². The molecule has 6 nitrogen and oxygen atoms in total. The molecule has 0 aromatic heterocycles. The van der Waals surface area contributed by atoms with Crippen LogP contribution in [0.5, 0.6) is 0 Å². The highest BCUT2D eigenvalue weighted by Crippen LogP contribution is 2.11. The van der Waals surface area contributed by atoms with Gasteiger partial charge in [0.05, 0.1) is 46.2 Å². The Labute approximate surface area is 147 Å². The Balaban J connectivity index is 3.12. The number of carbonyl (C=O) groups is 1. The molecule has 0 fully saturated rings. The highest BCUT2D eigenvalue weighted by Gasteiger charge is 2.20. The Morgan fingerprint density at radius 2 is 1.21 bits per heavy atom. The number of hydrogen-bond acceptors (Lipinski definition) is 5. The number of ether oxygens (including phenoxy) is 4. The summed E-state index contributed by atoms with van der Waals surface area (Å²) < 4.78 is 21.6. The van der Waals surface area contributed by atoms with E-state index >= 15 is 0 Å². The second kappa shape index (κ2) is 15.8. The minimum absolute atomic E-state index is 0.0360. The lowest BCUT2D eigenvalue weighted by Gasteiger charge is -2.17. The van der Waals surface area contributed by atoms with Crippen LogP contribution in [-0.2, 0) is 23.7 Å². The zero-order chi connectivity index (χ0) is 18.1. The minimum Gasteiger partial charge on any atom is -0.379 e. The third-order valence-electron chi connectivity index (χ3n) is 3.22. The van der Waals surface area contributed by atoms with Crippen LogP contribution in [0.3, 0.4) is 0 Å². The van der Waals surface area contributed by atoms with Crippen LogP contribution in [0, 0.1) is 5.41 Å². The lowest BCUT2D eigenvalue weighted by atomic mass is 9.96. The van der Waals surface area contributed by atoms with Crippen molar-refractivity contribution >= 4 is 5.91 Å². The van der Waals surface area contributed by atoms with Crippen molar-refractivity contribution in [3.63, 3.8) is 0 Å². The molecule has 0 heterocycles. The SMILES string of the molecule is CCCCCOCCOCCOCCOCCNC(=O)C(C)(C)C. The zero-order valence-electron chi connectivity index (χ0n) is 16.0. The van der Waals surface area contributed by atoms with Crippen molar-refractivity contribution in [2.24, 2.45) is 5.41 Å². The van der Waals surface area contributed by atoms with Gasteiger partial charge in [0.2, 0.25) is 5.91 Å². The molecule has 0 radical (unpaired) electrons. The molecule has 144 valence electrons. The molecule has 0 saturated carbocycles. The molecule has 0 spiro atoms. The number of carbonyl (C=O) groups excluding carboxylic acids is 1. The van der Waals surface area contributed by atoms with Crippen molar-refractivity contribution in [3.8, 4) is 0 Å². The van der Waals surface area contributed by atoms with Crippen molar-refractivity contribution in [2.75, 3.05) is 59.4 Å². The number of unbranched alkanes of at least 4 members (excludes halogenated alkanes) is 2. The van der Waals surface area contributed by atoms with Crippen LogP contribution in [0.25, 0.3) is 0 Å². The number of amides is 1. The third-order valence-corrected chi connectivity index (χ3v) is 3.22. The van der Waals surface area contributed by atoms with Gasteiger partial charge in [0.1, 0.15) is 0 Å². The largest absolute Gasteiger partial charge is 0.379 e. The Kier molecular flexibility index (Phi) is 15.4. The first-order valence-corrected chi connectivity index (χ1v) is 9.07. The number of nitrogens with one attached hydrogen (secondary N) is 1. The van der Waals surface area contributed by atoms with Gasteiger partial charge in [-0.25, -0.2) is 0 Å². The van der Waals surface area contributed by atoms with E-state index in [1.54, 1.807) is 0 Å². The summed E-state index contributed by atoms with van der Waals surface area (Å²) in [5.41, 5.74) is -0.357. The first-order valence-electron chi connectivity index (χ1n) is 9.07. The van der Waals surface area contributed by atoms with Crippen LogP contribution in [0.4, 0.5) is 0 Å². The van der Waals surface area contributed by atoms with Crippen LogP contribution < -0.4 is 5.32 Å². The van der Waals surface area contributed by atoms with Gasteiger partial charge in [0.15, 0.2) is 0 Å². The molecule has 24 heavy (non-hydrogen) atoms. The quantitative estimate of drug-likeness (QED) is 0.434. The summed E-state index contributed by atoms with van der Waals surface area (Å²) in [6.45, 7) is 13.1. The van der Waals surface area contributed by atoms with Gasteiger partial charge in [0.25, 0.3) is 0 Å². The molecule has 1 amide bonds. The standard InChI is InChI=1S/C18H37NO5/c1-5-6-7-9-21-11-13-23-15-16-24-14-12-22-10-8-19-17(20)18(2,3)4/h5-16H2,1-4H3,(H,19,20). The van der Waals surface area contributed by atoms with Crippen molar-refractivity contribution in [3.05, 3.63) is 0 Å². The van der Waals surface area contributed by atoms with Gasteiger partial charge in [-0.05, 0) is 6.42 Å². The first kappa shape index (κ1) is 23.3. The van der Waals surface area contributed by atoms with E-state index in [-0.39, 0.29) is 11.3 Å². The highest BCUT2D eigenvalue weighted by atomic mass is 16.6. The summed E-state index contributed by atoms with van der Waals surface area (Å²) in [6, 6.07) is 0. The molecule has 0 aromatic rings. The predicted octanol–water partition coefficient (Wildman–Crippen LogP) is 2.41. The van der Waals surface area contributed by atoms with E-state index in [1.807, 2.05) is 20.8 Å². The molecule has 0 unspecified atom stereocenters. The molecular weight excluding hydrogens is 310 g/mol. The van der Waals surface area contributed by atoms with Crippen molar-refractivity contribution < 1.29 is 23.7 Å². The summed E-state index contributed by atoms with van der Waals surface area (Å²) in [7, 11) is 0. The van der Waals surface area contributed by atoms with Crippen LogP contribution in [0.15, 0.2) is 0 Å². The summed E-state index contributed by atoms with van der Waals surface area (Å²) in [5, 5.41) is 2.83. The van der Waals surface area contributed by atoms with E-state index in [2.05, 4.69) is 12.2 Å². The molecule has 6 heteroatoms. The molecule has 0 atom stereocenters. The Morgan fingerprint density at radius 1 is 0.750 bits per heavy atom. The molecule has 0 aliphatic carbocycles. The lowest BCUT2D eigenvalue weighted by Crippen LogP contribution is -2.36. The second-order valence-electron chi connectivity index (χ2n) is 6.66. The Hall–Kier alpha value is -0.690. The maximum absolute atomic E-state index is 11.6. The summed E-state index contributed by atoms with van der Waals surface area (Å²) in [6.07, 6.45) is 3.56. The molecule has 0 saturated heterocycles. The van der Waals surface area contributed by atoms with Crippen molar-refractivity contribution in [2.45, 2.75) is 47.0 Å². The monoisotopic (exact) mass is 347 g/mol. The van der Waals surface area contributed by atoms with E-state index in [9.17, 15) is 4.79 Å². The van der Waals surface area contributed by atoms with Gasteiger partial charge in [-0.3, -0.25) is 4.79 Å². The predicted molar refractivity (Wildman–Crippen MR) is 95.3 cm³/mol. The third kappa shape index (κ3) is 16.2. The fourth-order valence-corrected chi connectivity index (χ4v) is 1.72. The van der Waals surface area contributed by atoms with Crippen LogP contribution in [-0.4, -0.2) is 65.3 Å². The molecule has 0 aliphatic rings. The highest BCUT2D eigenvalue weighted by molar-refractivity contribution is 5.81. The molecule has 0 aliphatic heterocycles. The van der Waals surface area contributed by atoms with E-state index < -0.39 is 0 Å². The van der Waals surface area contributed by atoms with E-state index in [4.69, 9.17) is 18.9 Å². The van der Waals surface area contributed by atoms with Crippen molar-refractivity contribution in [1.82, 2.24) is 5.32 Å². The topological polar surface area (TPSA) is 66.0 Å². The molecule has 0 aromatic carbocycles. The van der Waals surface area contributed by atoms with Gasteiger partial charge in [-0.15, -0.1) is 0 Å². The summed E-state index contributed by atoms with van der Waals surface area (Å²) >= 11 is 0. The molecule has 1 N–H and O–H groups in total. The maximum atomic E-state index is 11.6. The van der Waals surface area contributed by atoms with Gasteiger partial charge in [0, 0.05) is 18.6 Å². The van der Waals surface area contributed by atoms with E-state index in [0.29, 0.717) is 52.8 Å². The van der Waals surface area contributed by atoms with Crippen LogP contribution in [0.1, 0.15) is 47.0 Å². The van der Waals surface area contributed by atoms with Gasteiger partial charge < -0.3 is 24.3 Å². The minimum atomic E-state index is -0.357. The van der Waals surface area contributed by atoms with Crippen LogP contribution >= 0.6 is 0 Å². The van der Waals surface area contributed by atoms with E-state index in [1.165, 1.54) is 12.8 Å². The average Bonchev–Trinajstić information content (AvgIpc) is 2.53. The maximum Gasteiger partial charge on any atom is 0.225 e. The molecule has 0 rings (SSSR count).